The van der Waals surface area contributed by atoms with Crippen molar-refractivity contribution in [2.75, 3.05) is 6.54 Å². The second-order valence-electron chi connectivity index (χ2n) is 5.02. The Balaban J connectivity index is 1.92. The number of thiophene rings is 1. The second kappa shape index (κ2) is 7.20. The molecule has 0 aliphatic heterocycles. The van der Waals surface area contributed by atoms with Gasteiger partial charge in [-0.15, -0.1) is 0 Å². The lowest BCUT2D eigenvalue weighted by Crippen LogP contribution is -2.28. The van der Waals surface area contributed by atoms with Gasteiger partial charge in [0.2, 0.25) is 5.91 Å². The second-order valence-corrected chi connectivity index (χ2v) is 5.80. The molecular weight excluding hydrogens is 282 g/mol. The fourth-order valence-electron chi connectivity index (χ4n) is 1.89. The molecule has 0 fully saturated rings. The van der Waals surface area contributed by atoms with Gasteiger partial charge >= 0.3 is 0 Å². The first-order chi connectivity index (χ1) is 10.1. The number of aryl methyl sites for hydroxylation is 1. The summed E-state index contributed by atoms with van der Waals surface area (Å²) in [5.74, 6) is -0.162. The Kier molecular flexibility index (Phi) is 5.31. The van der Waals surface area contributed by atoms with Crippen LogP contribution < -0.4 is 5.32 Å². The summed E-state index contributed by atoms with van der Waals surface area (Å²) in [6.45, 7) is 4.01. The summed E-state index contributed by atoms with van der Waals surface area (Å²) in [5.41, 5.74) is 3.64. The van der Waals surface area contributed by atoms with Crippen molar-refractivity contribution in [3.05, 3.63) is 63.4 Å². The summed E-state index contributed by atoms with van der Waals surface area (Å²) < 4.78 is 0. The molecule has 2 rings (SSSR count). The first kappa shape index (κ1) is 15.5. The molecule has 1 aromatic heterocycles. The summed E-state index contributed by atoms with van der Waals surface area (Å²) in [6, 6.07) is 9.84. The number of hydrogen-bond donors (Lipinski definition) is 2. The molecule has 0 aliphatic carbocycles. The average Bonchev–Trinajstić information content (AvgIpc) is 3.01. The number of carbonyl (C=O) groups is 1. The Morgan fingerprint density at radius 3 is 2.67 bits per heavy atom. The highest BCUT2D eigenvalue weighted by molar-refractivity contribution is 7.07. The van der Waals surface area contributed by atoms with Gasteiger partial charge in [-0.05, 0) is 47.9 Å². The van der Waals surface area contributed by atoms with Gasteiger partial charge in [-0.2, -0.15) is 11.3 Å². The van der Waals surface area contributed by atoms with Gasteiger partial charge < -0.3 is 10.4 Å². The number of aliphatic hydroxyl groups is 1. The molecule has 2 aromatic rings. The third-order valence-electron chi connectivity index (χ3n) is 3.20. The van der Waals surface area contributed by atoms with Crippen LogP contribution in [-0.4, -0.2) is 17.6 Å². The molecular formula is C17H19NO2S. The predicted octanol–water partition coefficient (Wildman–Crippen LogP) is 3.31. The van der Waals surface area contributed by atoms with Crippen molar-refractivity contribution < 1.29 is 9.90 Å². The third-order valence-corrected chi connectivity index (χ3v) is 3.90. The maximum Gasteiger partial charge on any atom is 0.247 e. The number of nitrogens with one attached hydrogen (secondary N) is 1. The van der Waals surface area contributed by atoms with Gasteiger partial charge in [0.25, 0.3) is 0 Å². The summed E-state index contributed by atoms with van der Waals surface area (Å²) in [7, 11) is 0. The summed E-state index contributed by atoms with van der Waals surface area (Å²) in [5, 5.41) is 16.5. The maximum absolute atomic E-state index is 12.0. The molecule has 21 heavy (non-hydrogen) atoms. The van der Waals surface area contributed by atoms with Gasteiger partial charge in [0, 0.05) is 12.1 Å². The minimum absolute atomic E-state index is 0.162. The van der Waals surface area contributed by atoms with Crippen LogP contribution in [0, 0.1) is 6.92 Å². The van der Waals surface area contributed by atoms with Crippen molar-refractivity contribution >= 4 is 23.3 Å². The molecule has 0 spiro atoms. The number of rotatable bonds is 5. The van der Waals surface area contributed by atoms with Gasteiger partial charge in [-0.25, -0.2) is 0 Å². The molecule has 1 unspecified atom stereocenters. The Morgan fingerprint density at radius 2 is 2.05 bits per heavy atom. The van der Waals surface area contributed by atoms with E-state index in [-0.39, 0.29) is 12.5 Å². The molecule has 0 bridgehead atoms. The fraction of sp³-hybridized carbons (Fsp3) is 0.235. The minimum Gasteiger partial charge on any atom is -0.387 e. The van der Waals surface area contributed by atoms with Gasteiger partial charge in [-0.1, -0.05) is 29.8 Å². The van der Waals surface area contributed by atoms with Gasteiger partial charge in [0.1, 0.15) is 0 Å². The molecule has 0 radical (unpaired) electrons. The molecule has 4 heteroatoms. The summed E-state index contributed by atoms with van der Waals surface area (Å²) >= 11 is 1.53. The lowest BCUT2D eigenvalue weighted by Gasteiger charge is -2.10. The van der Waals surface area contributed by atoms with Crippen LogP contribution in [0.2, 0.25) is 0 Å². The Labute approximate surface area is 128 Å². The smallest absolute Gasteiger partial charge is 0.247 e. The fourth-order valence-corrected chi connectivity index (χ4v) is 2.60. The van der Waals surface area contributed by atoms with Gasteiger partial charge in [-0.3, -0.25) is 4.79 Å². The SMILES string of the molecule is C/C(=C/c1ccc(C)cc1)C(=O)NCC(O)c1ccsc1. The van der Waals surface area contributed by atoms with Crippen molar-refractivity contribution in [1.82, 2.24) is 5.32 Å². The molecule has 0 saturated carbocycles. The molecule has 1 heterocycles. The van der Waals surface area contributed by atoms with Crippen molar-refractivity contribution in [2.24, 2.45) is 0 Å². The molecule has 110 valence electrons. The average molecular weight is 301 g/mol. The standard InChI is InChI=1S/C17H19NO2S/c1-12-3-5-14(6-4-12)9-13(2)17(20)18-10-16(19)15-7-8-21-11-15/h3-9,11,16,19H,10H2,1-2H3,(H,18,20)/b13-9-. The number of carbonyl (C=O) groups excluding carboxylic acids is 1. The van der Waals surface area contributed by atoms with Crippen molar-refractivity contribution in [3.8, 4) is 0 Å². The molecule has 1 aromatic carbocycles. The predicted molar refractivity (Wildman–Crippen MR) is 87.1 cm³/mol. The van der Waals surface area contributed by atoms with E-state index in [4.69, 9.17) is 0 Å². The zero-order valence-electron chi connectivity index (χ0n) is 12.2. The zero-order chi connectivity index (χ0) is 15.2. The van der Waals surface area contributed by atoms with Gasteiger partial charge in [0.05, 0.1) is 6.10 Å². The number of benzene rings is 1. The monoisotopic (exact) mass is 301 g/mol. The minimum atomic E-state index is -0.660. The summed E-state index contributed by atoms with van der Waals surface area (Å²) in [4.78, 5) is 12.0. The molecule has 0 saturated heterocycles. The lowest BCUT2D eigenvalue weighted by atomic mass is 10.1. The van der Waals surface area contributed by atoms with Crippen molar-refractivity contribution in [2.45, 2.75) is 20.0 Å². The molecule has 2 N–H and O–H groups in total. The van der Waals surface area contributed by atoms with Crippen LogP contribution in [-0.2, 0) is 4.79 Å². The first-order valence-electron chi connectivity index (χ1n) is 6.79. The van der Waals surface area contributed by atoms with Crippen LogP contribution in [0.3, 0.4) is 0 Å². The van der Waals surface area contributed by atoms with E-state index in [0.29, 0.717) is 5.57 Å². The highest BCUT2D eigenvalue weighted by atomic mass is 32.1. The largest absolute Gasteiger partial charge is 0.387 e. The van der Waals surface area contributed by atoms with Crippen LogP contribution in [0.25, 0.3) is 6.08 Å². The Morgan fingerprint density at radius 1 is 1.33 bits per heavy atom. The first-order valence-corrected chi connectivity index (χ1v) is 7.74. The lowest BCUT2D eigenvalue weighted by molar-refractivity contribution is -0.117. The summed E-state index contributed by atoms with van der Waals surface area (Å²) in [6.07, 6.45) is 1.18. The number of amides is 1. The zero-order valence-corrected chi connectivity index (χ0v) is 13.0. The number of hydrogen-bond acceptors (Lipinski definition) is 3. The maximum atomic E-state index is 12.0. The molecule has 1 amide bonds. The van der Waals surface area contributed by atoms with E-state index in [0.717, 1.165) is 11.1 Å². The highest BCUT2D eigenvalue weighted by Gasteiger charge is 2.10. The van der Waals surface area contributed by atoms with Crippen LogP contribution in [0.4, 0.5) is 0 Å². The van der Waals surface area contributed by atoms with Crippen molar-refractivity contribution in [1.29, 1.82) is 0 Å². The van der Waals surface area contributed by atoms with E-state index in [1.807, 2.05) is 54.1 Å². The van der Waals surface area contributed by atoms with Crippen LogP contribution in [0.1, 0.15) is 29.7 Å². The van der Waals surface area contributed by atoms with E-state index < -0.39 is 6.10 Å². The topological polar surface area (TPSA) is 49.3 Å². The van der Waals surface area contributed by atoms with E-state index >= 15 is 0 Å². The van der Waals surface area contributed by atoms with E-state index in [1.54, 1.807) is 6.92 Å². The Bertz CT molecular complexity index is 615. The van der Waals surface area contributed by atoms with Crippen molar-refractivity contribution in [3.63, 3.8) is 0 Å². The van der Waals surface area contributed by atoms with Crippen LogP contribution >= 0.6 is 11.3 Å². The quantitative estimate of drug-likeness (QED) is 0.832. The highest BCUT2D eigenvalue weighted by Crippen LogP contribution is 2.15. The Hall–Kier alpha value is -1.91. The molecule has 3 nitrogen and oxygen atoms in total. The third kappa shape index (κ3) is 4.55. The molecule has 1 atom stereocenters. The molecule has 0 aliphatic rings. The van der Waals surface area contributed by atoms with Crippen LogP contribution in [0.5, 0.6) is 0 Å². The van der Waals surface area contributed by atoms with Crippen LogP contribution in [0.15, 0.2) is 46.7 Å². The van der Waals surface area contributed by atoms with E-state index in [2.05, 4.69) is 5.32 Å². The van der Waals surface area contributed by atoms with Gasteiger partial charge in [0.15, 0.2) is 0 Å². The normalized spacial score (nSPS) is 13.0. The van der Waals surface area contributed by atoms with E-state index in [9.17, 15) is 9.90 Å². The van der Waals surface area contributed by atoms with E-state index in [1.165, 1.54) is 16.9 Å². The number of aliphatic hydroxyl groups excluding tert-OH is 1.